The second-order valence-electron chi connectivity index (χ2n) is 6.71. The molecule has 0 bridgehead atoms. The van der Waals surface area contributed by atoms with Gasteiger partial charge >= 0.3 is 0 Å². The van der Waals surface area contributed by atoms with Crippen LogP contribution in [0.5, 0.6) is 0 Å². The highest BCUT2D eigenvalue weighted by Gasteiger charge is 2.31. The molecule has 0 spiro atoms. The molecule has 10 heteroatoms. The van der Waals surface area contributed by atoms with Crippen molar-refractivity contribution < 1.29 is 18.0 Å². The molecule has 162 valence electrons. The van der Waals surface area contributed by atoms with E-state index in [1.54, 1.807) is 22.0 Å². The number of nitrogens with one attached hydrogen (secondary N) is 1. The normalized spacial score (nSPS) is 15.0. The summed E-state index contributed by atoms with van der Waals surface area (Å²) in [4.78, 5) is 27.0. The van der Waals surface area contributed by atoms with Gasteiger partial charge in [-0.3, -0.25) is 9.59 Å². The maximum Gasteiger partial charge on any atom is 0.263 e. The third-order valence-corrected chi connectivity index (χ3v) is 8.70. The number of amides is 2. The molecule has 1 N–H and O–H groups in total. The Balaban J connectivity index is 1.64. The molecule has 1 saturated heterocycles. The summed E-state index contributed by atoms with van der Waals surface area (Å²) in [5.74, 6) is 0.726. The topological polar surface area (TPSA) is 86.8 Å². The van der Waals surface area contributed by atoms with E-state index in [9.17, 15) is 18.0 Å². The monoisotopic (exact) mass is 467 g/mol. The number of rotatable bonds is 8. The van der Waals surface area contributed by atoms with E-state index in [2.05, 4.69) is 5.32 Å². The third-order valence-electron chi connectivity index (χ3n) is 4.77. The van der Waals surface area contributed by atoms with Crippen LogP contribution in [0.1, 0.15) is 22.2 Å². The fourth-order valence-electron chi connectivity index (χ4n) is 3.12. The largest absolute Gasteiger partial charge is 0.342 e. The number of hydrogen-bond acceptors (Lipinski definition) is 6. The van der Waals surface area contributed by atoms with Gasteiger partial charge in [0.25, 0.3) is 5.91 Å². The Morgan fingerprint density at radius 2 is 1.83 bits per heavy atom. The van der Waals surface area contributed by atoms with E-state index in [0.717, 1.165) is 28.4 Å². The smallest absolute Gasteiger partial charge is 0.263 e. The second-order valence-corrected chi connectivity index (χ2v) is 10.8. The van der Waals surface area contributed by atoms with Crippen molar-refractivity contribution in [2.45, 2.75) is 18.4 Å². The molecule has 0 radical (unpaired) electrons. The first-order chi connectivity index (χ1) is 14.4. The van der Waals surface area contributed by atoms with E-state index in [-0.39, 0.29) is 22.2 Å². The van der Waals surface area contributed by atoms with E-state index in [4.69, 9.17) is 0 Å². The van der Waals surface area contributed by atoms with Crippen LogP contribution in [0.2, 0.25) is 0 Å². The van der Waals surface area contributed by atoms with E-state index in [0.29, 0.717) is 26.2 Å². The molecule has 0 saturated carbocycles. The van der Waals surface area contributed by atoms with Gasteiger partial charge in [0.15, 0.2) is 0 Å². The minimum absolute atomic E-state index is 0.0148. The van der Waals surface area contributed by atoms with Crippen LogP contribution < -0.4 is 5.32 Å². The average molecular weight is 468 g/mol. The molecule has 2 aromatic rings. The molecule has 0 aliphatic carbocycles. The third kappa shape index (κ3) is 5.42. The molecule has 30 heavy (non-hydrogen) atoms. The van der Waals surface area contributed by atoms with Crippen molar-refractivity contribution in [1.29, 1.82) is 0 Å². The van der Waals surface area contributed by atoms with Crippen LogP contribution in [0.3, 0.4) is 0 Å². The van der Waals surface area contributed by atoms with Crippen LogP contribution in [0.4, 0.5) is 0 Å². The summed E-state index contributed by atoms with van der Waals surface area (Å²) in [5.41, 5.74) is 1.00. The standard InChI is InChI=1S/C20H25N3O4S3/c1-2-22(15-16-6-4-3-5-7-16)18(24)14-21-20(25)19-17(8-11-29-19)30(26,27)23-9-12-28-13-10-23/h3-8,11H,2,9-10,12-15H2,1H3,(H,21,25). The maximum absolute atomic E-state index is 12.9. The Bertz CT molecular complexity index is 970. The van der Waals surface area contributed by atoms with Crippen LogP contribution in [0.25, 0.3) is 0 Å². The van der Waals surface area contributed by atoms with Crippen molar-refractivity contribution in [3.63, 3.8) is 0 Å². The van der Waals surface area contributed by atoms with Gasteiger partial charge in [0, 0.05) is 37.7 Å². The van der Waals surface area contributed by atoms with Crippen molar-refractivity contribution in [3.05, 3.63) is 52.2 Å². The number of benzene rings is 1. The van der Waals surface area contributed by atoms with Crippen LogP contribution in [-0.4, -0.2) is 67.1 Å². The SMILES string of the molecule is CCN(Cc1ccccc1)C(=O)CNC(=O)c1sccc1S(=O)(=O)N1CCSCC1. The van der Waals surface area contributed by atoms with E-state index in [1.165, 1.54) is 10.4 Å². The van der Waals surface area contributed by atoms with Gasteiger partial charge in [-0.2, -0.15) is 16.1 Å². The molecular weight excluding hydrogens is 442 g/mol. The summed E-state index contributed by atoms with van der Waals surface area (Å²) in [6, 6.07) is 11.1. The molecule has 1 aromatic heterocycles. The Kier molecular flexibility index (Phi) is 7.93. The number of nitrogens with zero attached hydrogens (tertiary/aromatic N) is 2. The summed E-state index contributed by atoms with van der Waals surface area (Å²) < 4.78 is 27.3. The van der Waals surface area contributed by atoms with Crippen molar-refractivity contribution in [2.24, 2.45) is 0 Å². The highest BCUT2D eigenvalue weighted by Crippen LogP contribution is 2.27. The lowest BCUT2D eigenvalue weighted by atomic mass is 10.2. The van der Waals surface area contributed by atoms with Crippen LogP contribution in [0, 0.1) is 0 Å². The Hall–Kier alpha value is -1.88. The summed E-state index contributed by atoms with van der Waals surface area (Å²) >= 11 is 2.78. The Morgan fingerprint density at radius 3 is 2.50 bits per heavy atom. The van der Waals surface area contributed by atoms with Gasteiger partial charge in [-0.1, -0.05) is 30.3 Å². The second kappa shape index (κ2) is 10.4. The van der Waals surface area contributed by atoms with Crippen molar-refractivity contribution in [1.82, 2.24) is 14.5 Å². The van der Waals surface area contributed by atoms with Crippen molar-refractivity contribution in [2.75, 3.05) is 37.7 Å². The van der Waals surface area contributed by atoms with Gasteiger partial charge in [-0.25, -0.2) is 8.42 Å². The van der Waals surface area contributed by atoms with E-state index >= 15 is 0 Å². The Morgan fingerprint density at radius 1 is 1.13 bits per heavy atom. The van der Waals surface area contributed by atoms with Crippen LogP contribution in [0.15, 0.2) is 46.7 Å². The summed E-state index contributed by atoms with van der Waals surface area (Å²) in [6.07, 6.45) is 0. The number of thiophene rings is 1. The highest BCUT2D eigenvalue weighted by atomic mass is 32.2. The lowest BCUT2D eigenvalue weighted by Gasteiger charge is -2.25. The van der Waals surface area contributed by atoms with Crippen molar-refractivity contribution in [3.8, 4) is 0 Å². The Labute approximate surface area is 185 Å². The molecule has 2 amide bonds. The average Bonchev–Trinajstić information content (AvgIpc) is 3.28. The molecule has 7 nitrogen and oxygen atoms in total. The minimum Gasteiger partial charge on any atom is -0.342 e. The lowest BCUT2D eigenvalue weighted by Crippen LogP contribution is -2.41. The lowest BCUT2D eigenvalue weighted by molar-refractivity contribution is -0.130. The number of likely N-dealkylation sites (N-methyl/N-ethyl adjacent to an activating group) is 1. The molecule has 3 rings (SSSR count). The zero-order chi connectivity index (χ0) is 21.6. The molecule has 1 fully saturated rings. The minimum atomic E-state index is -3.72. The summed E-state index contributed by atoms with van der Waals surface area (Å²) in [7, 11) is -3.72. The first kappa shape index (κ1) is 22.8. The molecular formula is C20H25N3O4S3. The number of sulfonamides is 1. The number of carbonyl (C=O) groups is 2. The van der Waals surface area contributed by atoms with Gasteiger partial charge in [-0.05, 0) is 23.9 Å². The quantitative estimate of drug-likeness (QED) is 0.644. The fraction of sp³-hybridized carbons (Fsp3) is 0.400. The maximum atomic E-state index is 12.9. The van der Waals surface area contributed by atoms with Gasteiger partial charge in [-0.15, -0.1) is 11.3 Å². The molecule has 1 aliphatic heterocycles. The molecule has 2 heterocycles. The molecule has 0 atom stereocenters. The van der Waals surface area contributed by atoms with Crippen LogP contribution >= 0.6 is 23.1 Å². The van der Waals surface area contributed by atoms with E-state index in [1.807, 2.05) is 37.3 Å². The summed E-state index contributed by atoms with van der Waals surface area (Å²) in [6.45, 7) is 3.54. The first-order valence-electron chi connectivity index (χ1n) is 9.68. The number of carbonyl (C=O) groups excluding carboxylic acids is 2. The van der Waals surface area contributed by atoms with Crippen LogP contribution in [-0.2, 0) is 21.4 Å². The highest BCUT2D eigenvalue weighted by molar-refractivity contribution is 7.99. The predicted molar refractivity (Wildman–Crippen MR) is 120 cm³/mol. The molecule has 1 aliphatic rings. The first-order valence-corrected chi connectivity index (χ1v) is 13.2. The van der Waals surface area contributed by atoms with Gasteiger partial charge in [0.2, 0.25) is 15.9 Å². The summed E-state index contributed by atoms with van der Waals surface area (Å²) in [5, 5.41) is 4.19. The van der Waals surface area contributed by atoms with Gasteiger partial charge in [0.05, 0.1) is 6.54 Å². The molecule has 1 aromatic carbocycles. The zero-order valence-corrected chi connectivity index (χ0v) is 19.2. The van der Waals surface area contributed by atoms with E-state index < -0.39 is 15.9 Å². The van der Waals surface area contributed by atoms with Gasteiger partial charge < -0.3 is 10.2 Å². The fourth-order valence-corrected chi connectivity index (χ4v) is 7.01. The number of hydrogen-bond donors (Lipinski definition) is 1. The number of thioether (sulfide) groups is 1. The van der Waals surface area contributed by atoms with Gasteiger partial charge in [0.1, 0.15) is 9.77 Å². The predicted octanol–water partition coefficient (Wildman–Crippen LogP) is 2.26. The van der Waals surface area contributed by atoms with Crippen molar-refractivity contribution >= 4 is 44.9 Å². The molecule has 0 unspecified atom stereocenters. The zero-order valence-electron chi connectivity index (χ0n) is 16.7.